The lowest BCUT2D eigenvalue weighted by molar-refractivity contribution is -0.137. The third-order valence-corrected chi connectivity index (χ3v) is 6.07. The highest BCUT2D eigenvalue weighted by molar-refractivity contribution is 7.92. The van der Waals surface area contributed by atoms with Gasteiger partial charge in [-0.05, 0) is 60.7 Å². The Bertz CT molecular complexity index is 1280. The van der Waals surface area contributed by atoms with Crippen molar-refractivity contribution in [1.82, 2.24) is 0 Å². The molecule has 0 fully saturated rings. The molecule has 0 aliphatic heterocycles. The number of anilines is 2. The van der Waals surface area contributed by atoms with E-state index in [1.54, 1.807) is 0 Å². The highest BCUT2D eigenvalue weighted by Crippen LogP contribution is 2.31. The number of carbonyl (C=O) groups is 1. The minimum absolute atomic E-state index is 0.0328. The van der Waals surface area contributed by atoms with Crippen molar-refractivity contribution >= 4 is 38.9 Å². The molecular weight excluding hydrogens is 497 g/mol. The Hall–Kier alpha value is -3.44. The Morgan fingerprint density at radius 3 is 2.32 bits per heavy atom. The van der Waals surface area contributed by atoms with Crippen LogP contribution in [0.5, 0.6) is 11.5 Å². The van der Waals surface area contributed by atoms with Crippen molar-refractivity contribution in [3.63, 3.8) is 0 Å². The van der Waals surface area contributed by atoms with E-state index in [4.69, 9.17) is 21.1 Å². The van der Waals surface area contributed by atoms with Gasteiger partial charge in [0.05, 0.1) is 28.3 Å². The smallest absolute Gasteiger partial charge is 0.416 e. The first-order valence-electron chi connectivity index (χ1n) is 9.54. The van der Waals surface area contributed by atoms with Gasteiger partial charge in [-0.25, -0.2) is 8.42 Å². The van der Waals surface area contributed by atoms with Gasteiger partial charge in [0.25, 0.3) is 15.9 Å². The fraction of sp³-hybridized carbons (Fsp3) is 0.136. The molecule has 0 unspecified atom stereocenters. The Labute approximate surface area is 198 Å². The van der Waals surface area contributed by atoms with Gasteiger partial charge < -0.3 is 14.8 Å². The monoisotopic (exact) mass is 514 g/mol. The second-order valence-electron chi connectivity index (χ2n) is 6.84. The average molecular weight is 515 g/mol. The SMILES string of the molecule is COc1ccc(NS(=O)(=O)c2ccc(OCC(=O)Nc3cccc(C(F)(F)F)c3)cc2)cc1Cl. The summed E-state index contributed by atoms with van der Waals surface area (Å²) in [7, 11) is -2.50. The van der Waals surface area contributed by atoms with Crippen LogP contribution in [0.1, 0.15) is 5.56 Å². The molecule has 0 radical (unpaired) electrons. The molecule has 0 aliphatic rings. The van der Waals surface area contributed by atoms with Gasteiger partial charge in [0.15, 0.2) is 6.61 Å². The highest BCUT2D eigenvalue weighted by atomic mass is 35.5. The molecular formula is C22H18ClF3N2O5S. The topological polar surface area (TPSA) is 93.7 Å². The van der Waals surface area contributed by atoms with E-state index in [-0.39, 0.29) is 27.0 Å². The van der Waals surface area contributed by atoms with Crippen LogP contribution < -0.4 is 19.5 Å². The summed E-state index contributed by atoms with van der Waals surface area (Å²) < 4.78 is 76.1. The Balaban J connectivity index is 1.59. The van der Waals surface area contributed by atoms with Gasteiger partial charge in [-0.2, -0.15) is 13.2 Å². The zero-order chi connectivity index (χ0) is 24.9. The van der Waals surface area contributed by atoms with Crippen molar-refractivity contribution in [3.8, 4) is 11.5 Å². The Morgan fingerprint density at radius 1 is 1.00 bits per heavy atom. The molecule has 0 saturated carbocycles. The van der Waals surface area contributed by atoms with Crippen molar-refractivity contribution in [3.05, 3.63) is 77.3 Å². The fourth-order valence-electron chi connectivity index (χ4n) is 2.78. The van der Waals surface area contributed by atoms with Crippen molar-refractivity contribution in [1.29, 1.82) is 0 Å². The maximum Gasteiger partial charge on any atom is 0.416 e. The van der Waals surface area contributed by atoms with Crippen LogP contribution >= 0.6 is 11.6 Å². The zero-order valence-electron chi connectivity index (χ0n) is 17.5. The maximum atomic E-state index is 12.8. The molecule has 2 N–H and O–H groups in total. The summed E-state index contributed by atoms with van der Waals surface area (Å²) in [6, 6.07) is 13.8. The lowest BCUT2D eigenvalue weighted by Gasteiger charge is -2.12. The van der Waals surface area contributed by atoms with E-state index >= 15 is 0 Å². The standard InChI is InChI=1S/C22H18ClF3N2O5S/c1-32-20-10-5-16(12-19(20)23)28-34(30,31)18-8-6-17(7-9-18)33-13-21(29)27-15-4-2-3-14(11-15)22(24,25)26/h2-12,28H,13H2,1H3,(H,27,29). The second kappa shape index (κ2) is 10.2. The zero-order valence-corrected chi connectivity index (χ0v) is 19.1. The van der Waals surface area contributed by atoms with Crippen LogP contribution in [-0.2, 0) is 21.0 Å². The third kappa shape index (κ3) is 6.55. The predicted molar refractivity (Wildman–Crippen MR) is 121 cm³/mol. The number of hydrogen-bond donors (Lipinski definition) is 2. The van der Waals surface area contributed by atoms with Crippen LogP contribution in [0.15, 0.2) is 71.6 Å². The number of sulfonamides is 1. The molecule has 0 saturated heterocycles. The number of carbonyl (C=O) groups excluding carboxylic acids is 1. The summed E-state index contributed by atoms with van der Waals surface area (Å²) in [5.41, 5.74) is -0.694. The van der Waals surface area contributed by atoms with Crippen molar-refractivity contribution in [2.75, 3.05) is 23.8 Å². The summed E-state index contributed by atoms with van der Waals surface area (Å²) in [5, 5.41) is 2.54. The van der Waals surface area contributed by atoms with Crippen LogP contribution in [0.3, 0.4) is 0 Å². The first-order chi connectivity index (χ1) is 16.0. The minimum Gasteiger partial charge on any atom is -0.495 e. The number of amides is 1. The van der Waals surface area contributed by atoms with E-state index in [0.717, 1.165) is 12.1 Å². The average Bonchev–Trinajstić information content (AvgIpc) is 2.77. The van der Waals surface area contributed by atoms with Gasteiger partial charge in [0.1, 0.15) is 11.5 Å². The van der Waals surface area contributed by atoms with Gasteiger partial charge in [0.2, 0.25) is 0 Å². The Kier molecular flexibility index (Phi) is 7.57. The molecule has 12 heteroatoms. The molecule has 0 heterocycles. The highest BCUT2D eigenvalue weighted by Gasteiger charge is 2.30. The second-order valence-corrected chi connectivity index (χ2v) is 8.93. The molecule has 0 aliphatic carbocycles. The van der Waals surface area contributed by atoms with Gasteiger partial charge in [-0.15, -0.1) is 0 Å². The van der Waals surface area contributed by atoms with E-state index in [2.05, 4.69) is 10.0 Å². The molecule has 0 aromatic heterocycles. The molecule has 3 aromatic rings. The summed E-state index contributed by atoms with van der Waals surface area (Å²) in [6.07, 6.45) is -4.53. The number of methoxy groups -OCH3 is 1. The van der Waals surface area contributed by atoms with Crippen LogP contribution in [0.4, 0.5) is 24.5 Å². The van der Waals surface area contributed by atoms with Crippen molar-refractivity contribution < 1.29 is 35.9 Å². The van der Waals surface area contributed by atoms with Crippen LogP contribution in [0.2, 0.25) is 5.02 Å². The van der Waals surface area contributed by atoms with Crippen LogP contribution in [-0.4, -0.2) is 28.0 Å². The summed E-state index contributed by atoms with van der Waals surface area (Å²) in [6.45, 7) is -0.495. The number of hydrogen-bond acceptors (Lipinski definition) is 5. The molecule has 180 valence electrons. The van der Waals surface area contributed by atoms with Gasteiger partial charge in [-0.1, -0.05) is 17.7 Å². The largest absolute Gasteiger partial charge is 0.495 e. The van der Waals surface area contributed by atoms with Crippen molar-refractivity contribution in [2.24, 2.45) is 0 Å². The van der Waals surface area contributed by atoms with E-state index in [9.17, 15) is 26.4 Å². The molecule has 3 rings (SSSR count). The lowest BCUT2D eigenvalue weighted by Crippen LogP contribution is -2.20. The van der Waals surface area contributed by atoms with Crippen LogP contribution in [0, 0.1) is 0 Å². The molecule has 0 bridgehead atoms. The number of nitrogens with one attached hydrogen (secondary N) is 2. The summed E-state index contributed by atoms with van der Waals surface area (Å²) >= 11 is 6.01. The number of rotatable bonds is 8. The normalized spacial score (nSPS) is 11.6. The number of ether oxygens (including phenoxy) is 2. The van der Waals surface area contributed by atoms with Gasteiger partial charge in [0, 0.05) is 5.69 Å². The third-order valence-electron chi connectivity index (χ3n) is 4.38. The molecule has 7 nitrogen and oxygen atoms in total. The minimum atomic E-state index is -4.53. The van der Waals surface area contributed by atoms with Crippen LogP contribution in [0.25, 0.3) is 0 Å². The number of alkyl halides is 3. The molecule has 0 spiro atoms. The molecule has 0 atom stereocenters. The molecule has 3 aromatic carbocycles. The van der Waals surface area contributed by atoms with Gasteiger partial charge in [-0.3, -0.25) is 9.52 Å². The van der Waals surface area contributed by atoms with E-state index in [1.165, 1.54) is 61.7 Å². The lowest BCUT2D eigenvalue weighted by atomic mass is 10.2. The quantitative estimate of drug-likeness (QED) is 0.432. The van der Waals surface area contributed by atoms with E-state index in [1.807, 2.05) is 0 Å². The Morgan fingerprint density at radius 2 is 1.71 bits per heavy atom. The summed E-state index contributed by atoms with van der Waals surface area (Å²) in [5.74, 6) is -0.108. The molecule has 1 amide bonds. The predicted octanol–water partition coefficient (Wildman–Crippen LogP) is 5.19. The van der Waals surface area contributed by atoms with E-state index in [0.29, 0.717) is 5.75 Å². The summed E-state index contributed by atoms with van der Waals surface area (Å²) in [4.78, 5) is 11.9. The fourth-order valence-corrected chi connectivity index (χ4v) is 4.09. The molecule has 34 heavy (non-hydrogen) atoms. The number of halogens is 4. The van der Waals surface area contributed by atoms with Gasteiger partial charge >= 0.3 is 6.18 Å². The number of benzene rings is 3. The first-order valence-corrected chi connectivity index (χ1v) is 11.4. The van der Waals surface area contributed by atoms with Crippen molar-refractivity contribution in [2.45, 2.75) is 11.1 Å². The first kappa shape index (κ1) is 25.2. The van der Waals surface area contributed by atoms with E-state index < -0.39 is 34.3 Å². The maximum absolute atomic E-state index is 12.8.